The second-order valence-electron chi connectivity index (χ2n) is 5.40. The lowest BCUT2D eigenvalue weighted by Gasteiger charge is -2.40. The molecule has 0 radical (unpaired) electrons. The van der Waals surface area contributed by atoms with Gasteiger partial charge in [-0.2, -0.15) is 0 Å². The zero-order valence-electron chi connectivity index (χ0n) is 12.4. The minimum Gasteiger partial charge on any atom is -0.497 e. The summed E-state index contributed by atoms with van der Waals surface area (Å²) in [5.74, 6) is 0.726. The van der Waals surface area contributed by atoms with E-state index in [-0.39, 0.29) is 6.42 Å². The number of rotatable bonds is 5. The van der Waals surface area contributed by atoms with Crippen LogP contribution < -0.4 is 4.74 Å². The van der Waals surface area contributed by atoms with Crippen LogP contribution in [-0.2, 0) is 4.74 Å². The molecular weight excluding hydrogens is 288 g/mol. The minimum absolute atomic E-state index is 0.272. The quantitative estimate of drug-likeness (QED) is 0.608. The molecule has 4 N–H and O–H groups in total. The Morgan fingerprint density at radius 3 is 2.23 bits per heavy atom. The molecular formula is C16H22O6. The molecule has 1 aromatic rings. The zero-order chi connectivity index (χ0) is 16.3. The lowest BCUT2D eigenvalue weighted by atomic mass is 9.90. The standard InChI is InChI=1S/C16H22O6/c1-9(10-3-5-11(21-2)6-4-10)7-12-14(18)16(20)15(19)13(8-17)22-12/h3-6,12-20H,1,7-8H2,2H3/t12-,13+,14-,15-,16+/m0/s1. The summed E-state index contributed by atoms with van der Waals surface area (Å²) in [5.41, 5.74) is 1.57. The first kappa shape index (κ1) is 16.9. The molecule has 0 spiro atoms. The Bertz CT molecular complexity index is 498. The summed E-state index contributed by atoms with van der Waals surface area (Å²) in [6.07, 6.45) is -5.32. The Labute approximate surface area is 129 Å². The van der Waals surface area contributed by atoms with Crippen LogP contribution in [0.1, 0.15) is 12.0 Å². The Hall–Kier alpha value is -1.44. The van der Waals surface area contributed by atoms with Crippen molar-refractivity contribution in [2.75, 3.05) is 13.7 Å². The van der Waals surface area contributed by atoms with Crippen molar-refractivity contribution in [2.45, 2.75) is 36.9 Å². The number of benzene rings is 1. The SMILES string of the molecule is C=C(C[C@@H]1O[C@H](CO)[C@H](O)[C@H](O)[C@H]1O)c1ccc(OC)cc1. The van der Waals surface area contributed by atoms with Crippen molar-refractivity contribution in [2.24, 2.45) is 0 Å². The summed E-state index contributed by atoms with van der Waals surface area (Å²) in [6, 6.07) is 7.28. The lowest BCUT2D eigenvalue weighted by Crippen LogP contribution is -2.58. The van der Waals surface area contributed by atoms with Crippen molar-refractivity contribution in [3.63, 3.8) is 0 Å². The van der Waals surface area contributed by atoms with Crippen molar-refractivity contribution >= 4 is 5.57 Å². The summed E-state index contributed by atoms with van der Waals surface area (Å²) in [4.78, 5) is 0. The third kappa shape index (κ3) is 3.48. The molecule has 0 amide bonds. The van der Waals surface area contributed by atoms with E-state index in [0.717, 1.165) is 11.3 Å². The summed E-state index contributed by atoms with van der Waals surface area (Å²) < 4.78 is 10.6. The largest absolute Gasteiger partial charge is 0.497 e. The van der Waals surface area contributed by atoms with Gasteiger partial charge in [-0.25, -0.2) is 0 Å². The molecule has 2 rings (SSSR count). The maximum Gasteiger partial charge on any atom is 0.118 e. The molecule has 1 fully saturated rings. The topological polar surface area (TPSA) is 99.4 Å². The van der Waals surface area contributed by atoms with Crippen LogP contribution in [0.5, 0.6) is 5.75 Å². The Kier molecular flexibility index (Phi) is 5.55. The van der Waals surface area contributed by atoms with Crippen LogP contribution in [0.2, 0.25) is 0 Å². The zero-order valence-corrected chi connectivity index (χ0v) is 12.4. The van der Waals surface area contributed by atoms with Crippen molar-refractivity contribution < 1.29 is 29.9 Å². The average molecular weight is 310 g/mol. The molecule has 0 bridgehead atoms. The van der Waals surface area contributed by atoms with Crippen molar-refractivity contribution in [1.82, 2.24) is 0 Å². The van der Waals surface area contributed by atoms with Crippen molar-refractivity contribution in [1.29, 1.82) is 0 Å². The van der Waals surface area contributed by atoms with Crippen LogP contribution in [0.3, 0.4) is 0 Å². The first-order chi connectivity index (χ1) is 10.5. The molecule has 0 unspecified atom stereocenters. The smallest absolute Gasteiger partial charge is 0.118 e. The maximum atomic E-state index is 10.0. The van der Waals surface area contributed by atoms with Crippen molar-refractivity contribution in [3.8, 4) is 5.75 Å². The molecule has 6 heteroatoms. The van der Waals surface area contributed by atoms with Gasteiger partial charge in [-0.3, -0.25) is 0 Å². The predicted octanol–water partition coefficient (Wildman–Crippen LogP) is -0.0591. The fourth-order valence-corrected chi connectivity index (χ4v) is 2.53. The van der Waals surface area contributed by atoms with Gasteiger partial charge in [0.15, 0.2) is 0 Å². The van der Waals surface area contributed by atoms with Gasteiger partial charge in [-0.1, -0.05) is 18.7 Å². The van der Waals surface area contributed by atoms with E-state index in [9.17, 15) is 20.4 Å². The predicted molar refractivity (Wildman–Crippen MR) is 80.4 cm³/mol. The monoisotopic (exact) mass is 310 g/mol. The first-order valence-electron chi connectivity index (χ1n) is 7.10. The summed E-state index contributed by atoms with van der Waals surface area (Å²) in [5, 5.41) is 38.7. The number of hydrogen-bond acceptors (Lipinski definition) is 6. The van der Waals surface area contributed by atoms with Crippen LogP contribution >= 0.6 is 0 Å². The molecule has 1 aromatic carbocycles. The number of aliphatic hydroxyl groups is 4. The van der Waals surface area contributed by atoms with Crippen LogP contribution in [-0.4, -0.2) is 64.7 Å². The van der Waals surface area contributed by atoms with Crippen LogP contribution in [0.15, 0.2) is 30.8 Å². The van der Waals surface area contributed by atoms with Gasteiger partial charge in [0.25, 0.3) is 0 Å². The molecule has 1 aliphatic rings. The van der Waals surface area contributed by atoms with Gasteiger partial charge in [0.2, 0.25) is 0 Å². The second-order valence-corrected chi connectivity index (χ2v) is 5.40. The molecule has 0 aliphatic carbocycles. The highest BCUT2D eigenvalue weighted by Gasteiger charge is 2.43. The van der Waals surface area contributed by atoms with Gasteiger partial charge in [0, 0.05) is 6.42 Å². The Morgan fingerprint density at radius 2 is 1.68 bits per heavy atom. The van der Waals surface area contributed by atoms with E-state index in [1.807, 2.05) is 12.1 Å². The Morgan fingerprint density at radius 1 is 1.09 bits per heavy atom. The van der Waals surface area contributed by atoms with Crippen molar-refractivity contribution in [3.05, 3.63) is 36.4 Å². The van der Waals surface area contributed by atoms with E-state index in [1.165, 1.54) is 0 Å². The number of hydrogen-bond donors (Lipinski definition) is 4. The van der Waals surface area contributed by atoms with Crippen LogP contribution in [0.25, 0.3) is 5.57 Å². The minimum atomic E-state index is -1.36. The molecule has 5 atom stereocenters. The molecule has 22 heavy (non-hydrogen) atoms. The fraction of sp³-hybridized carbons (Fsp3) is 0.500. The molecule has 0 saturated carbocycles. The highest BCUT2D eigenvalue weighted by atomic mass is 16.5. The van der Waals surface area contributed by atoms with Gasteiger partial charge in [-0.05, 0) is 23.3 Å². The fourth-order valence-electron chi connectivity index (χ4n) is 2.53. The van der Waals surface area contributed by atoms with Gasteiger partial charge in [0.1, 0.15) is 30.2 Å². The molecule has 1 heterocycles. The third-order valence-electron chi connectivity index (χ3n) is 3.94. The maximum absolute atomic E-state index is 10.0. The van der Waals surface area contributed by atoms with E-state index in [2.05, 4.69) is 6.58 Å². The lowest BCUT2D eigenvalue weighted by molar-refractivity contribution is -0.227. The molecule has 1 aliphatic heterocycles. The Balaban J connectivity index is 2.06. The normalized spacial score (nSPS) is 31.8. The highest BCUT2D eigenvalue weighted by molar-refractivity contribution is 5.64. The molecule has 1 saturated heterocycles. The summed E-state index contributed by atoms with van der Waals surface area (Å²) in [7, 11) is 1.58. The van der Waals surface area contributed by atoms with Crippen LogP contribution in [0, 0.1) is 0 Å². The average Bonchev–Trinajstić information content (AvgIpc) is 2.55. The van der Waals surface area contributed by atoms with Gasteiger partial charge < -0.3 is 29.9 Å². The number of aliphatic hydroxyl groups excluding tert-OH is 4. The number of ether oxygens (including phenoxy) is 2. The van der Waals surface area contributed by atoms with Gasteiger partial charge in [0.05, 0.1) is 19.8 Å². The van der Waals surface area contributed by atoms with E-state index in [4.69, 9.17) is 9.47 Å². The van der Waals surface area contributed by atoms with Gasteiger partial charge >= 0.3 is 0 Å². The summed E-state index contributed by atoms with van der Waals surface area (Å²) in [6.45, 7) is 3.53. The second kappa shape index (κ2) is 7.21. The van der Waals surface area contributed by atoms with E-state index in [1.54, 1.807) is 19.2 Å². The van der Waals surface area contributed by atoms with Gasteiger partial charge in [-0.15, -0.1) is 0 Å². The highest BCUT2D eigenvalue weighted by Crippen LogP contribution is 2.28. The molecule has 122 valence electrons. The molecule has 0 aromatic heterocycles. The van der Waals surface area contributed by atoms with E-state index < -0.39 is 37.1 Å². The third-order valence-corrected chi connectivity index (χ3v) is 3.94. The van der Waals surface area contributed by atoms with E-state index in [0.29, 0.717) is 5.57 Å². The molecule has 6 nitrogen and oxygen atoms in total. The first-order valence-corrected chi connectivity index (χ1v) is 7.10. The number of methoxy groups -OCH3 is 1. The van der Waals surface area contributed by atoms with Crippen LogP contribution in [0.4, 0.5) is 0 Å². The van der Waals surface area contributed by atoms with E-state index >= 15 is 0 Å². The summed E-state index contributed by atoms with van der Waals surface area (Å²) >= 11 is 0.